The third kappa shape index (κ3) is 3.77. The molecule has 1 atom stereocenters. The fourth-order valence-electron chi connectivity index (χ4n) is 1.10. The van der Waals surface area contributed by atoms with Gasteiger partial charge in [-0.25, -0.2) is 0 Å². The van der Waals surface area contributed by atoms with Crippen molar-refractivity contribution in [1.82, 2.24) is 0 Å². The smallest absolute Gasteiger partial charge is 0.0585 e. The van der Waals surface area contributed by atoms with Gasteiger partial charge in [-0.15, -0.1) is 0 Å². The third-order valence-electron chi connectivity index (χ3n) is 1.65. The first-order valence-electron chi connectivity index (χ1n) is 3.93. The summed E-state index contributed by atoms with van der Waals surface area (Å²) in [7, 11) is 0. The average molecular weight is 309 g/mol. The van der Waals surface area contributed by atoms with Crippen LogP contribution >= 0.6 is 31.9 Å². The molecule has 1 rings (SSSR count). The Bertz CT molecular complexity index is 271. The second kappa shape index (κ2) is 5.10. The summed E-state index contributed by atoms with van der Waals surface area (Å²) < 4.78 is 2.03. The fourth-order valence-corrected chi connectivity index (χ4v) is 2.48. The predicted octanol–water partition coefficient (Wildman–Crippen LogP) is 2.07. The van der Waals surface area contributed by atoms with Crippen LogP contribution in [0.3, 0.4) is 0 Å². The van der Waals surface area contributed by atoms with E-state index in [1.807, 2.05) is 18.2 Å². The van der Waals surface area contributed by atoms with Crippen molar-refractivity contribution >= 4 is 31.9 Å². The van der Waals surface area contributed by atoms with Crippen molar-refractivity contribution in [2.24, 2.45) is 5.73 Å². The van der Waals surface area contributed by atoms with E-state index in [0.29, 0.717) is 6.42 Å². The van der Waals surface area contributed by atoms with Gasteiger partial charge in [0, 0.05) is 15.0 Å². The maximum Gasteiger partial charge on any atom is 0.0585 e. The van der Waals surface area contributed by atoms with E-state index < -0.39 is 0 Å². The van der Waals surface area contributed by atoms with Crippen LogP contribution < -0.4 is 5.73 Å². The van der Waals surface area contributed by atoms with Gasteiger partial charge in [-0.1, -0.05) is 31.9 Å². The molecular weight excluding hydrogens is 298 g/mol. The number of rotatable bonds is 3. The number of halogens is 2. The van der Waals surface area contributed by atoms with Gasteiger partial charge in [-0.05, 0) is 30.2 Å². The summed E-state index contributed by atoms with van der Waals surface area (Å²) in [4.78, 5) is 0. The van der Waals surface area contributed by atoms with Gasteiger partial charge >= 0.3 is 0 Å². The summed E-state index contributed by atoms with van der Waals surface area (Å²) in [6.45, 7) is 0.0180. The molecule has 0 amide bonds. The number of hydrogen-bond acceptors (Lipinski definition) is 2. The zero-order valence-electron chi connectivity index (χ0n) is 7.00. The highest BCUT2D eigenvalue weighted by Gasteiger charge is 2.03. The average Bonchev–Trinajstić information content (AvgIpc) is 2.02. The molecule has 0 spiro atoms. The van der Waals surface area contributed by atoms with Gasteiger partial charge in [-0.3, -0.25) is 0 Å². The lowest BCUT2D eigenvalue weighted by Gasteiger charge is -2.08. The molecule has 0 aliphatic carbocycles. The Kier molecular flexibility index (Phi) is 4.38. The van der Waals surface area contributed by atoms with Gasteiger partial charge in [0.05, 0.1) is 6.61 Å². The van der Waals surface area contributed by atoms with Crippen LogP contribution in [0.1, 0.15) is 5.56 Å². The van der Waals surface area contributed by atoms with E-state index in [1.165, 1.54) is 0 Å². The molecule has 72 valence electrons. The van der Waals surface area contributed by atoms with E-state index in [2.05, 4.69) is 31.9 Å². The first-order valence-corrected chi connectivity index (χ1v) is 5.52. The molecule has 1 aromatic carbocycles. The molecule has 0 aliphatic rings. The Hall–Kier alpha value is 0.1000. The molecule has 2 nitrogen and oxygen atoms in total. The van der Waals surface area contributed by atoms with Crippen molar-refractivity contribution in [3.63, 3.8) is 0 Å². The molecule has 0 fully saturated rings. The molecule has 1 unspecified atom stereocenters. The van der Waals surface area contributed by atoms with Gasteiger partial charge in [0.1, 0.15) is 0 Å². The monoisotopic (exact) mass is 307 g/mol. The first-order chi connectivity index (χ1) is 6.11. The van der Waals surface area contributed by atoms with Crippen molar-refractivity contribution in [2.45, 2.75) is 12.5 Å². The highest BCUT2D eigenvalue weighted by molar-refractivity contribution is 9.11. The van der Waals surface area contributed by atoms with Crippen molar-refractivity contribution < 1.29 is 5.11 Å². The van der Waals surface area contributed by atoms with Crippen molar-refractivity contribution in [2.75, 3.05) is 6.61 Å². The van der Waals surface area contributed by atoms with Crippen molar-refractivity contribution in [3.8, 4) is 0 Å². The summed E-state index contributed by atoms with van der Waals surface area (Å²) >= 11 is 6.78. The predicted molar refractivity (Wildman–Crippen MR) is 60.6 cm³/mol. The second-order valence-electron chi connectivity index (χ2n) is 2.92. The number of aliphatic hydroxyl groups is 1. The van der Waals surface area contributed by atoms with Gasteiger partial charge in [-0.2, -0.15) is 0 Å². The Morgan fingerprint density at radius 2 is 1.77 bits per heavy atom. The molecule has 13 heavy (non-hydrogen) atoms. The number of aliphatic hydroxyl groups excluding tert-OH is 1. The van der Waals surface area contributed by atoms with E-state index >= 15 is 0 Å². The SMILES string of the molecule is NC(CO)Cc1cc(Br)cc(Br)c1. The van der Waals surface area contributed by atoms with Crippen molar-refractivity contribution in [1.29, 1.82) is 0 Å². The largest absolute Gasteiger partial charge is 0.395 e. The summed E-state index contributed by atoms with van der Waals surface area (Å²) in [5.41, 5.74) is 6.74. The zero-order chi connectivity index (χ0) is 9.84. The van der Waals surface area contributed by atoms with Gasteiger partial charge in [0.15, 0.2) is 0 Å². The summed E-state index contributed by atoms with van der Waals surface area (Å²) in [5.74, 6) is 0. The fraction of sp³-hybridized carbons (Fsp3) is 0.333. The lowest BCUT2D eigenvalue weighted by atomic mass is 10.1. The molecule has 0 saturated carbocycles. The molecule has 0 saturated heterocycles. The minimum Gasteiger partial charge on any atom is -0.395 e. The Morgan fingerprint density at radius 3 is 2.23 bits per heavy atom. The number of hydrogen-bond donors (Lipinski definition) is 2. The van der Waals surface area contributed by atoms with E-state index in [9.17, 15) is 0 Å². The number of nitrogens with two attached hydrogens (primary N) is 1. The van der Waals surface area contributed by atoms with Crippen LogP contribution in [-0.2, 0) is 6.42 Å². The number of benzene rings is 1. The topological polar surface area (TPSA) is 46.2 Å². The Morgan fingerprint density at radius 1 is 1.23 bits per heavy atom. The van der Waals surface area contributed by atoms with E-state index in [0.717, 1.165) is 14.5 Å². The summed E-state index contributed by atoms with van der Waals surface area (Å²) in [6, 6.07) is 5.79. The molecule has 0 bridgehead atoms. The Labute approximate surface area is 94.4 Å². The first kappa shape index (κ1) is 11.2. The van der Waals surface area contributed by atoms with Gasteiger partial charge in [0.2, 0.25) is 0 Å². The van der Waals surface area contributed by atoms with Crippen LogP contribution in [0, 0.1) is 0 Å². The van der Waals surface area contributed by atoms with Crippen LogP contribution in [0.25, 0.3) is 0 Å². The highest BCUT2D eigenvalue weighted by atomic mass is 79.9. The molecule has 0 radical (unpaired) electrons. The third-order valence-corrected chi connectivity index (χ3v) is 2.57. The maximum atomic E-state index is 8.79. The van der Waals surface area contributed by atoms with E-state index in [-0.39, 0.29) is 12.6 Å². The van der Waals surface area contributed by atoms with Crippen LogP contribution in [-0.4, -0.2) is 17.8 Å². The molecule has 4 heteroatoms. The Balaban J connectivity index is 2.77. The van der Waals surface area contributed by atoms with Crippen molar-refractivity contribution in [3.05, 3.63) is 32.7 Å². The lowest BCUT2D eigenvalue weighted by molar-refractivity contribution is 0.265. The van der Waals surface area contributed by atoms with Crippen LogP contribution in [0.15, 0.2) is 27.1 Å². The minimum atomic E-state index is -0.179. The molecular formula is C9H11Br2NO. The van der Waals surface area contributed by atoms with Crippen LogP contribution in [0.5, 0.6) is 0 Å². The zero-order valence-corrected chi connectivity index (χ0v) is 10.2. The van der Waals surface area contributed by atoms with Crippen LogP contribution in [0.4, 0.5) is 0 Å². The van der Waals surface area contributed by atoms with Crippen LogP contribution in [0.2, 0.25) is 0 Å². The summed E-state index contributed by atoms with van der Waals surface area (Å²) in [5, 5.41) is 8.79. The maximum absolute atomic E-state index is 8.79. The van der Waals surface area contributed by atoms with E-state index in [4.69, 9.17) is 10.8 Å². The molecule has 0 aromatic heterocycles. The van der Waals surface area contributed by atoms with Gasteiger partial charge in [0.25, 0.3) is 0 Å². The molecule has 1 aromatic rings. The summed E-state index contributed by atoms with van der Waals surface area (Å²) in [6.07, 6.45) is 0.689. The molecule has 3 N–H and O–H groups in total. The normalized spacial score (nSPS) is 12.9. The quantitative estimate of drug-likeness (QED) is 0.898. The molecule has 0 heterocycles. The second-order valence-corrected chi connectivity index (χ2v) is 4.76. The minimum absolute atomic E-state index is 0.0180. The standard InChI is InChI=1S/C9H11Br2NO/c10-7-1-6(2-8(11)4-7)3-9(12)5-13/h1-2,4,9,13H,3,5,12H2. The van der Waals surface area contributed by atoms with E-state index in [1.54, 1.807) is 0 Å². The molecule has 0 aliphatic heterocycles. The van der Waals surface area contributed by atoms with Gasteiger partial charge < -0.3 is 10.8 Å². The lowest BCUT2D eigenvalue weighted by Crippen LogP contribution is -2.26. The highest BCUT2D eigenvalue weighted by Crippen LogP contribution is 2.20.